The van der Waals surface area contributed by atoms with Crippen LogP contribution in [0.5, 0.6) is 0 Å². The Morgan fingerprint density at radius 3 is 2.75 bits per heavy atom. The Labute approximate surface area is 189 Å². The first-order chi connectivity index (χ1) is 15.2. The van der Waals surface area contributed by atoms with Crippen molar-refractivity contribution >= 4 is 46.3 Å². The normalized spacial score (nSPS) is 16.4. The summed E-state index contributed by atoms with van der Waals surface area (Å²) in [5.41, 5.74) is 0.183. The standard InChI is InChI=1S/C20H18F3N5O2S2/c1-27-16(9-12-5-4-8-31-12)25-26-19(27)32-11-18(30)28-14-7-3-2-6-13(14)24-17(29)10-15(28)20(21,22)23/h2-8,15H,9-11H2,1H3,(H,24,29). The third kappa shape index (κ3) is 4.65. The first-order valence-corrected chi connectivity index (χ1v) is 11.4. The number of hydrogen-bond donors (Lipinski definition) is 1. The predicted octanol–water partition coefficient (Wildman–Crippen LogP) is 3.87. The van der Waals surface area contributed by atoms with Crippen molar-refractivity contribution in [1.82, 2.24) is 14.8 Å². The van der Waals surface area contributed by atoms with Gasteiger partial charge < -0.3 is 9.88 Å². The Balaban J connectivity index is 1.56. The molecule has 2 amide bonds. The third-order valence-corrected chi connectivity index (χ3v) is 6.82. The van der Waals surface area contributed by atoms with Crippen molar-refractivity contribution in [2.45, 2.75) is 30.2 Å². The predicted molar refractivity (Wildman–Crippen MR) is 116 cm³/mol. The number of alkyl halides is 3. The van der Waals surface area contributed by atoms with E-state index in [1.54, 1.807) is 29.0 Å². The number of carbonyl (C=O) groups excluding carboxylic acids is 2. The zero-order chi connectivity index (χ0) is 22.9. The van der Waals surface area contributed by atoms with E-state index in [2.05, 4.69) is 15.5 Å². The molecule has 0 spiro atoms. The van der Waals surface area contributed by atoms with Crippen molar-refractivity contribution in [1.29, 1.82) is 0 Å². The van der Waals surface area contributed by atoms with E-state index in [0.717, 1.165) is 16.6 Å². The maximum Gasteiger partial charge on any atom is 0.409 e. The number of carbonyl (C=O) groups is 2. The number of thiophene rings is 1. The van der Waals surface area contributed by atoms with Gasteiger partial charge in [-0.3, -0.25) is 14.5 Å². The maximum atomic E-state index is 13.8. The second kappa shape index (κ2) is 8.94. The SMILES string of the molecule is Cn1c(Cc2cccs2)nnc1SCC(=O)N1c2ccccc2NC(=O)CC1C(F)(F)F. The molecule has 7 nitrogen and oxygen atoms in total. The van der Waals surface area contributed by atoms with E-state index in [1.807, 2.05) is 17.5 Å². The number of nitrogens with one attached hydrogen (secondary N) is 1. The molecule has 0 saturated carbocycles. The fourth-order valence-corrected chi connectivity index (χ4v) is 4.88. The molecular weight excluding hydrogens is 463 g/mol. The minimum Gasteiger partial charge on any atom is -0.324 e. The van der Waals surface area contributed by atoms with Crippen LogP contribution in [0.2, 0.25) is 0 Å². The lowest BCUT2D eigenvalue weighted by Gasteiger charge is -2.31. The molecule has 168 valence electrons. The molecule has 4 rings (SSSR count). The zero-order valence-corrected chi connectivity index (χ0v) is 18.4. The van der Waals surface area contributed by atoms with Gasteiger partial charge in [-0.15, -0.1) is 21.5 Å². The van der Waals surface area contributed by atoms with Crippen LogP contribution in [0.15, 0.2) is 46.9 Å². The number of benzene rings is 1. The number of halogens is 3. The van der Waals surface area contributed by atoms with Crippen LogP contribution in [0.4, 0.5) is 24.5 Å². The third-order valence-electron chi connectivity index (χ3n) is 4.94. The van der Waals surface area contributed by atoms with Crippen molar-refractivity contribution in [3.63, 3.8) is 0 Å². The van der Waals surface area contributed by atoms with Gasteiger partial charge in [0.05, 0.1) is 23.5 Å². The number of thioether (sulfide) groups is 1. The summed E-state index contributed by atoms with van der Waals surface area (Å²) in [5, 5.41) is 13.0. The lowest BCUT2D eigenvalue weighted by Crippen LogP contribution is -2.50. The number of para-hydroxylation sites is 2. The summed E-state index contributed by atoms with van der Waals surface area (Å²) in [4.78, 5) is 26.9. The van der Waals surface area contributed by atoms with Gasteiger partial charge in [-0.05, 0) is 23.6 Å². The summed E-state index contributed by atoms with van der Waals surface area (Å²) in [6.07, 6.45) is -5.07. The van der Waals surface area contributed by atoms with Crippen LogP contribution in [0.3, 0.4) is 0 Å². The molecule has 0 saturated heterocycles. The first-order valence-electron chi connectivity index (χ1n) is 9.55. The summed E-state index contributed by atoms with van der Waals surface area (Å²) in [6, 6.07) is 7.62. The Morgan fingerprint density at radius 2 is 2.03 bits per heavy atom. The molecule has 0 fully saturated rings. The first kappa shape index (κ1) is 22.3. The maximum absolute atomic E-state index is 13.8. The highest BCUT2D eigenvalue weighted by molar-refractivity contribution is 7.99. The van der Waals surface area contributed by atoms with E-state index in [9.17, 15) is 22.8 Å². The quantitative estimate of drug-likeness (QED) is 0.560. The second-order valence-corrected chi connectivity index (χ2v) is 9.07. The van der Waals surface area contributed by atoms with Gasteiger partial charge in [0, 0.05) is 18.3 Å². The molecule has 2 aromatic heterocycles. The second-order valence-electron chi connectivity index (χ2n) is 7.09. The molecular formula is C20H18F3N5O2S2. The number of aromatic nitrogens is 3. The average molecular weight is 482 g/mol. The van der Waals surface area contributed by atoms with Gasteiger partial charge in [-0.2, -0.15) is 13.2 Å². The summed E-state index contributed by atoms with van der Waals surface area (Å²) < 4.78 is 43.1. The summed E-state index contributed by atoms with van der Waals surface area (Å²) in [5.74, 6) is -1.18. The lowest BCUT2D eigenvalue weighted by atomic mass is 10.1. The fraction of sp³-hybridized carbons (Fsp3) is 0.300. The lowest BCUT2D eigenvalue weighted by molar-refractivity contribution is -0.157. The Morgan fingerprint density at radius 1 is 1.25 bits per heavy atom. The highest BCUT2D eigenvalue weighted by Gasteiger charge is 2.48. The molecule has 3 aromatic rings. The van der Waals surface area contributed by atoms with Crippen molar-refractivity contribution in [3.8, 4) is 0 Å². The molecule has 12 heteroatoms. The highest BCUT2D eigenvalue weighted by atomic mass is 32.2. The molecule has 1 aromatic carbocycles. The molecule has 1 atom stereocenters. The number of rotatable bonds is 5. The van der Waals surface area contributed by atoms with Crippen molar-refractivity contribution in [2.24, 2.45) is 7.05 Å². The highest BCUT2D eigenvalue weighted by Crippen LogP contribution is 2.38. The molecule has 0 radical (unpaired) electrons. The van der Waals surface area contributed by atoms with E-state index in [0.29, 0.717) is 22.3 Å². The molecule has 1 unspecified atom stereocenters. The average Bonchev–Trinajstić information content (AvgIpc) is 3.33. The molecule has 0 aliphatic carbocycles. The van der Waals surface area contributed by atoms with Crippen LogP contribution >= 0.6 is 23.1 Å². The van der Waals surface area contributed by atoms with Gasteiger partial charge in [0.15, 0.2) is 5.16 Å². The molecule has 1 aliphatic rings. The number of amides is 2. The van der Waals surface area contributed by atoms with Crippen LogP contribution in [0, 0.1) is 0 Å². The van der Waals surface area contributed by atoms with Crippen LogP contribution in [-0.2, 0) is 23.1 Å². The van der Waals surface area contributed by atoms with Gasteiger partial charge >= 0.3 is 6.18 Å². The van der Waals surface area contributed by atoms with Crippen LogP contribution < -0.4 is 10.2 Å². The Bertz CT molecular complexity index is 1130. The molecule has 32 heavy (non-hydrogen) atoms. The molecule has 1 N–H and O–H groups in total. The van der Waals surface area contributed by atoms with Gasteiger partial charge in [-0.1, -0.05) is 30.0 Å². The number of anilines is 2. The van der Waals surface area contributed by atoms with Crippen LogP contribution in [-0.4, -0.2) is 44.5 Å². The van der Waals surface area contributed by atoms with Crippen molar-refractivity contribution < 1.29 is 22.8 Å². The molecule has 0 bridgehead atoms. The van der Waals surface area contributed by atoms with E-state index in [-0.39, 0.29) is 17.1 Å². The number of fused-ring (bicyclic) bond motifs is 1. The van der Waals surface area contributed by atoms with Crippen molar-refractivity contribution in [2.75, 3.05) is 16.0 Å². The monoisotopic (exact) mass is 481 g/mol. The van der Waals surface area contributed by atoms with E-state index < -0.39 is 30.5 Å². The summed E-state index contributed by atoms with van der Waals surface area (Å²) >= 11 is 2.59. The fourth-order valence-electron chi connectivity index (χ4n) is 3.39. The minimum atomic E-state index is -4.77. The minimum absolute atomic E-state index is 0.0163. The smallest absolute Gasteiger partial charge is 0.324 e. The van der Waals surface area contributed by atoms with E-state index >= 15 is 0 Å². The Kier molecular flexibility index (Phi) is 6.24. The van der Waals surface area contributed by atoms with Crippen molar-refractivity contribution in [3.05, 3.63) is 52.5 Å². The molecule has 1 aliphatic heterocycles. The van der Waals surface area contributed by atoms with Gasteiger partial charge in [0.25, 0.3) is 0 Å². The zero-order valence-electron chi connectivity index (χ0n) is 16.8. The van der Waals surface area contributed by atoms with E-state index in [1.165, 1.54) is 18.2 Å². The number of hydrogen-bond acceptors (Lipinski definition) is 6. The summed E-state index contributed by atoms with van der Waals surface area (Å²) in [7, 11) is 1.75. The topological polar surface area (TPSA) is 80.1 Å². The largest absolute Gasteiger partial charge is 0.409 e. The molecule has 3 heterocycles. The number of nitrogens with zero attached hydrogens (tertiary/aromatic N) is 4. The van der Waals surface area contributed by atoms with Gasteiger partial charge in [0.2, 0.25) is 11.8 Å². The Hall–Kier alpha value is -2.86. The summed E-state index contributed by atoms with van der Waals surface area (Å²) in [6.45, 7) is 0. The van der Waals surface area contributed by atoms with E-state index in [4.69, 9.17) is 0 Å². The van der Waals surface area contributed by atoms with Crippen LogP contribution in [0.25, 0.3) is 0 Å². The van der Waals surface area contributed by atoms with Crippen LogP contribution in [0.1, 0.15) is 17.1 Å². The van der Waals surface area contributed by atoms with Gasteiger partial charge in [-0.25, -0.2) is 0 Å². The van der Waals surface area contributed by atoms with Gasteiger partial charge in [0.1, 0.15) is 11.9 Å².